The molecule has 0 bridgehead atoms. The van der Waals surface area contributed by atoms with Crippen molar-refractivity contribution in [1.82, 2.24) is 9.55 Å². The Hall–Kier alpha value is -1.32. The Morgan fingerprint density at radius 3 is 1.94 bits per heavy atom. The third-order valence-corrected chi connectivity index (χ3v) is 2.47. The lowest BCUT2D eigenvalue weighted by Crippen LogP contribution is -2.41. The Labute approximate surface area is 95.3 Å². The van der Waals surface area contributed by atoms with E-state index in [4.69, 9.17) is 0 Å². The summed E-state index contributed by atoms with van der Waals surface area (Å²) in [4.78, 5) is 25.7. The lowest BCUT2D eigenvalue weighted by Gasteiger charge is -2.25. The number of rotatable bonds is 0. The molecule has 0 aliphatic carbocycles. The van der Waals surface area contributed by atoms with Gasteiger partial charge in [-0.2, -0.15) is 0 Å². The highest BCUT2D eigenvalue weighted by Crippen LogP contribution is 2.19. The highest BCUT2D eigenvalue weighted by Gasteiger charge is 2.22. The van der Waals surface area contributed by atoms with Gasteiger partial charge in [-0.3, -0.25) is 14.3 Å². The van der Waals surface area contributed by atoms with Gasteiger partial charge in [-0.25, -0.2) is 4.79 Å². The molecule has 0 fully saturated rings. The number of aromatic amines is 1. The summed E-state index contributed by atoms with van der Waals surface area (Å²) in [5.74, 6) is 0. The minimum Gasteiger partial charge on any atom is -0.295 e. The quantitative estimate of drug-likeness (QED) is 0.727. The SMILES string of the molecule is CC(C)(C)c1cn(C(C)(C)C)c(=O)[nH]c1=O. The molecule has 4 heteroatoms. The minimum absolute atomic E-state index is 0.270. The summed E-state index contributed by atoms with van der Waals surface area (Å²) >= 11 is 0. The predicted octanol–water partition coefficient (Wildman–Crippen LogP) is 1.59. The molecule has 1 heterocycles. The fourth-order valence-corrected chi connectivity index (χ4v) is 1.50. The summed E-state index contributed by atoms with van der Waals surface area (Å²) in [6.45, 7) is 11.6. The molecular formula is C12H20N2O2. The maximum absolute atomic E-state index is 11.7. The first-order valence-corrected chi connectivity index (χ1v) is 5.40. The Bertz CT molecular complexity index is 452. The van der Waals surface area contributed by atoms with Gasteiger partial charge in [-0.1, -0.05) is 20.8 Å². The molecule has 4 nitrogen and oxygen atoms in total. The second-order valence-electron chi connectivity index (χ2n) is 6.09. The van der Waals surface area contributed by atoms with Crippen molar-refractivity contribution in [3.8, 4) is 0 Å². The van der Waals surface area contributed by atoms with Crippen LogP contribution in [-0.2, 0) is 11.0 Å². The summed E-state index contributed by atoms with van der Waals surface area (Å²) in [5, 5.41) is 0. The van der Waals surface area contributed by atoms with Crippen LogP contribution in [0.2, 0.25) is 0 Å². The van der Waals surface area contributed by atoms with E-state index in [1.165, 1.54) is 0 Å². The normalized spacial score (nSPS) is 12.9. The first-order chi connectivity index (χ1) is 7.03. The van der Waals surface area contributed by atoms with Crippen molar-refractivity contribution in [3.63, 3.8) is 0 Å². The number of hydrogen-bond acceptors (Lipinski definition) is 2. The number of nitrogens with zero attached hydrogens (tertiary/aromatic N) is 1. The summed E-state index contributed by atoms with van der Waals surface area (Å²) in [7, 11) is 0. The van der Waals surface area contributed by atoms with E-state index in [2.05, 4.69) is 4.98 Å². The lowest BCUT2D eigenvalue weighted by molar-refractivity contribution is 0.370. The van der Waals surface area contributed by atoms with E-state index < -0.39 is 0 Å². The summed E-state index contributed by atoms with van der Waals surface area (Å²) in [6.07, 6.45) is 1.67. The fraction of sp³-hybridized carbons (Fsp3) is 0.667. The molecule has 16 heavy (non-hydrogen) atoms. The van der Waals surface area contributed by atoms with E-state index in [9.17, 15) is 9.59 Å². The van der Waals surface area contributed by atoms with Crippen molar-refractivity contribution in [2.45, 2.75) is 52.5 Å². The fourth-order valence-electron chi connectivity index (χ4n) is 1.50. The second kappa shape index (κ2) is 3.61. The molecule has 0 atom stereocenters. The van der Waals surface area contributed by atoms with Crippen LogP contribution < -0.4 is 11.2 Å². The van der Waals surface area contributed by atoms with E-state index in [-0.39, 0.29) is 22.2 Å². The molecule has 0 saturated heterocycles. The first-order valence-electron chi connectivity index (χ1n) is 5.40. The lowest BCUT2D eigenvalue weighted by atomic mass is 9.89. The summed E-state index contributed by atoms with van der Waals surface area (Å²) < 4.78 is 1.56. The van der Waals surface area contributed by atoms with E-state index in [1.807, 2.05) is 41.5 Å². The molecule has 0 unspecified atom stereocenters. The molecule has 0 aliphatic heterocycles. The van der Waals surface area contributed by atoms with Gasteiger partial charge in [0, 0.05) is 17.3 Å². The van der Waals surface area contributed by atoms with Gasteiger partial charge in [0.05, 0.1) is 0 Å². The molecule has 0 aliphatic rings. The van der Waals surface area contributed by atoms with Crippen LogP contribution in [0.1, 0.15) is 47.1 Å². The van der Waals surface area contributed by atoms with Crippen molar-refractivity contribution in [2.75, 3.05) is 0 Å². The van der Waals surface area contributed by atoms with E-state index >= 15 is 0 Å². The Kier molecular flexibility index (Phi) is 2.88. The van der Waals surface area contributed by atoms with Crippen LogP contribution in [0.3, 0.4) is 0 Å². The molecule has 1 aromatic rings. The monoisotopic (exact) mass is 224 g/mol. The molecule has 1 N–H and O–H groups in total. The zero-order valence-electron chi connectivity index (χ0n) is 10.8. The third-order valence-electron chi connectivity index (χ3n) is 2.47. The minimum atomic E-state index is -0.356. The topological polar surface area (TPSA) is 54.9 Å². The average Bonchev–Trinajstić information content (AvgIpc) is 1.97. The van der Waals surface area contributed by atoms with Gasteiger partial charge in [0.15, 0.2) is 0 Å². The molecule has 0 radical (unpaired) electrons. The van der Waals surface area contributed by atoms with Gasteiger partial charge in [0.25, 0.3) is 5.56 Å². The van der Waals surface area contributed by atoms with Gasteiger partial charge < -0.3 is 0 Å². The maximum Gasteiger partial charge on any atom is 0.328 e. The van der Waals surface area contributed by atoms with E-state index in [0.717, 1.165) is 0 Å². The molecule has 1 rings (SSSR count). The Balaban J connectivity index is 3.59. The molecule has 0 amide bonds. The van der Waals surface area contributed by atoms with Gasteiger partial charge in [0.2, 0.25) is 0 Å². The molecular weight excluding hydrogens is 204 g/mol. The highest BCUT2D eigenvalue weighted by atomic mass is 16.2. The molecule has 1 aromatic heterocycles. The van der Waals surface area contributed by atoms with Crippen LogP contribution in [0.5, 0.6) is 0 Å². The maximum atomic E-state index is 11.7. The van der Waals surface area contributed by atoms with Gasteiger partial charge in [-0.15, -0.1) is 0 Å². The number of aromatic nitrogens is 2. The van der Waals surface area contributed by atoms with Crippen LogP contribution in [0.15, 0.2) is 15.8 Å². The van der Waals surface area contributed by atoms with Crippen molar-refractivity contribution in [2.24, 2.45) is 0 Å². The van der Waals surface area contributed by atoms with E-state index in [1.54, 1.807) is 10.8 Å². The largest absolute Gasteiger partial charge is 0.328 e. The predicted molar refractivity (Wildman–Crippen MR) is 65.0 cm³/mol. The van der Waals surface area contributed by atoms with Crippen molar-refractivity contribution >= 4 is 0 Å². The van der Waals surface area contributed by atoms with Crippen LogP contribution in [0.25, 0.3) is 0 Å². The Morgan fingerprint density at radius 2 is 1.56 bits per heavy atom. The van der Waals surface area contributed by atoms with Crippen LogP contribution in [0.4, 0.5) is 0 Å². The molecule has 0 saturated carbocycles. The number of nitrogens with one attached hydrogen (secondary N) is 1. The smallest absolute Gasteiger partial charge is 0.295 e. The first kappa shape index (κ1) is 12.7. The second-order valence-corrected chi connectivity index (χ2v) is 6.09. The Morgan fingerprint density at radius 1 is 1.06 bits per heavy atom. The summed E-state index contributed by atoms with van der Waals surface area (Å²) in [6, 6.07) is 0. The van der Waals surface area contributed by atoms with Gasteiger partial charge in [0.1, 0.15) is 0 Å². The zero-order chi connectivity index (χ0) is 12.7. The molecule has 90 valence electrons. The van der Waals surface area contributed by atoms with Crippen LogP contribution in [-0.4, -0.2) is 9.55 Å². The number of hydrogen-bond donors (Lipinski definition) is 1. The standard InChI is InChI=1S/C12H20N2O2/c1-11(2,3)8-7-14(12(4,5)6)10(16)13-9(8)15/h7H,1-6H3,(H,13,15,16). The van der Waals surface area contributed by atoms with Gasteiger partial charge >= 0.3 is 5.69 Å². The van der Waals surface area contributed by atoms with E-state index in [0.29, 0.717) is 5.56 Å². The zero-order valence-corrected chi connectivity index (χ0v) is 10.8. The highest BCUT2D eigenvalue weighted by molar-refractivity contribution is 5.16. The van der Waals surface area contributed by atoms with Crippen LogP contribution in [0, 0.1) is 0 Å². The van der Waals surface area contributed by atoms with Crippen molar-refractivity contribution < 1.29 is 0 Å². The van der Waals surface area contributed by atoms with Crippen molar-refractivity contribution in [3.05, 3.63) is 32.6 Å². The van der Waals surface area contributed by atoms with Gasteiger partial charge in [-0.05, 0) is 26.2 Å². The van der Waals surface area contributed by atoms with Crippen molar-refractivity contribution in [1.29, 1.82) is 0 Å². The third kappa shape index (κ3) is 2.43. The number of H-pyrrole nitrogens is 1. The molecule has 0 aromatic carbocycles. The molecule has 0 spiro atoms. The van der Waals surface area contributed by atoms with Crippen LogP contribution >= 0.6 is 0 Å². The summed E-state index contributed by atoms with van der Waals surface area (Å²) in [5.41, 5.74) is -0.624. The average molecular weight is 224 g/mol.